The Morgan fingerprint density at radius 1 is 1.40 bits per heavy atom. The van der Waals surface area contributed by atoms with Crippen LogP contribution in [-0.2, 0) is 10.9 Å². The first-order chi connectivity index (χ1) is 9.43. The summed E-state index contributed by atoms with van der Waals surface area (Å²) in [4.78, 5) is 0. The van der Waals surface area contributed by atoms with Crippen molar-refractivity contribution in [3.63, 3.8) is 0 Å². The summed E-state index contributed by atoms with van der Waals surface area (Å²) in [6.45, 7) is 1.32. The fourth-order valence-corrected chi connectivity index (χ4v) is 3.13. The maximum Gasteiger partial charge on any atom is 0.417 e. The van der Waals surface area contributed by atoms with Gasteiger partial charge in [0, 0.05) is 23.0 Å². The van der Waals surface area contributed by atoms with Gasteiger partial charge in [0.25, 0.3) is 0 Å². The highest BCUT2D eigenvalue weighted by molar-refractivity contribution is 9.10. The molecule has 2 atom stereocenters. The van der Waals surface area contributed by atoms with Crippen LogP contribution in [0.5, 0.6) is 0 Å². The van der Waals surface area contributed by atoms with Crippen LogP contribution in [0.1, 0.15) is 30.0 Å². The molecular formula is C14H17BrF3NO. The zero-order valence-electron chi connectivity index (χ0n) is 11.1. The van der Waals surface area contributed by atoms with E-state index in [-0.39, 0.29) is 16.4 Å². The van der Waals surface area contributed by atoms with Crippen LogP contribution in [0.2, 0.25) is 0 Å². The Kier molecular flexibility index (Phi) is 5.09. The van der Waals surface area contributed by atoms with Crippen LogP contribution in [0.3, 0.4) is 0 Å². The van der Waals surface area contributed by atoms with Crippen molar-refractivity contribution in [1.29, 1.82) is 0 Å². The van der Waals surface area contributed by atoms with Crippen LogP contribution in [0.25, 0.3) is 0 Å². The normalized spacial score (nSPS) is 21.8. The van der Waals surface area contributed by atoms with E-state index in [1.54, 1.807) is 13.1 Å². The molecule has 1 aromatic carbocycles. The molecule has 0 saturated carbocycles. The number of nitrogens with one attached hydrogen (secondary N) is 1. The van der Waals surface area contributed by atoms with Crippen molar-refractivity contribution >= 4 is 15.9 Å². The zero-order valence-corrected chi connectivity index (χ0v) is 12.7. The van der Waals surface area contributed by atoms with Crippen molar-refractivity contribution in [1.82, 2.24) is 5.32 Å². The molecule has 1 aromatic rings. The van der Waals surface area contributed by atoms with Crippen LogP contribution in [0.4, 0.5) is 13.2 Å². The van der Waals surface area contributed by atoms with Crippen LogP contribution >= 0.6 is 15.9 Å². The molecule has 112 valence electrons. The molecule has 1 aliphatic heterocycles. The van der Waals surface area contributed by atoms with Crippen LogP contribution in [-0.4, -0.2) is 20.3 Å². The highest BCUT2D eigenvalue weighted by atomic mass is 79.9. The van der Waals surface area contributed by atoms with Crippen LogP contribution in [0.15, 0.2) is 22.7 Å². The lowest BCUT2D eigenvalue weighted by molar-refractivity contribution is -0.138. The molecule has 6 heteroatoms. The molecule has 1 saturated heterocycles. The number of hydrogen-bond donors (Lipinski definition) is 1. The third-order valence-electron chi connectivity index (χ3n) is 3.63. The second-order valence-corrected chi connectivity index (χ2v) is 5.83. The smallest absolute Gasteiger partial charge is 0.381 e. The maximum absolute atomic E-state index is 13.0. The molecule has 0 aliphatic carbocycles. The number of rotatable bonds is 3. The van der Waals surface area contributed by atoms with Gasteiger partial charge in [-0.2, -0.15) is 13.2 Å². The Morgan fingerprint density at radius 2 is 2.15 bits per heavy atom. The van der Waals surface area contributed by atoms with Gasteiger partial charge in [-0.25, -0.2) is 0 Å². The first-order valence-electron chi connectivity index (χ1n) is 6.55. The Morgan fingerprint density at radius 3 is 2.70 bits per heavy atom. The predicted octanol–water partition coefficient (Wildman–Crippen LogP) is 4.16. The van der Waals surface area contributed by atoms with Gasteiger partial charge in [-0.15, -0.1) is 0 Å². The molecule has 0 spiro atoms. The van der Waals surface area contributed by atoms with Gasteiger partial charge >= 0.3 is 6.18 Å². The first kappa shape index (κ1) is 15.8. The summed E-state index contributed by atoms with van der Waals surface area (Å²) in [5.41, 5.74) is 0.0190. The third-order valence-corrected chi connectivity index (χ3v) is 4.32. The summed E-state index contributed by atoms with van der Waals surface area (Å²) in [5, 5.41) is 3.12. The fourth-order valence-electron chi connectivity index (χ4n) is 2.66. The number of hydrogen-bond acceptors (Lipinski definition) is 2. The SMILES string of the molecule is CNC(c1ccc(Br)c(C(F)(F)F)c1)C1CCCOC1. The minimum absolute atomic E-state index is 0.0727. The standard InChI is InChI=1S/C14H17BrF3NO/c1-19-13(10-3-2-6-20-8-10)9-4-5-12(15)11(7-9)14(16,17)18/h4-5,7,10,13,19H,2-3,6,8H2,1H3. The van der Waals surface area contributed by atoms with E-state index in [0.29, 0.717) is 12.2 Å². The van der Waals surface area contributed by atoms with Crippen LogP contribution in [0, 0.1) is 5.92 Å². The van der Waals surface area contributed by atoms with Gasteiger partial charge in [0.05, 0.1) is 12.2 Å². The van der Waals surface area contributed by atoms with E-state index in [9.17, 15) is 13.2 Å². The number of ether oxygens (including phenoxy) is 1. The van der Waals surface area contributed by atoms with E-state index in [1.807, 2.05) is 0 Å². The summed E-state index contributed by atoms with van der Waals surface area (Å²) in [6.07, 6.45) is -2.44. The number of halogens is 4. The summed E-state index contributed by atoms with van der Waals surface area (Å²) < 4.78 is 44.4. The molecule has 0 aromatic heterocycles. The van der Waals surface area contributed by atoms with Crippen molar-refractivity contribution in [3.05, 3.63) is 33.8 Å². The van der Waals surface area contributed by atoms with Crippen molar-refractivity contribution in [3.8, 4) is 0 Å². The van der Waals surface area contributed by atoms with Gasteiger partial charge in [0.2, 0.25) is 0 Å². The van der Waals surface area contributed by atoms with Crippen molar-refractivity contribution in [2.75, 3.05) is 20.3 Å². The predicted molar refractivity (Wildman–Crippen MR) is 74.5 cm³/mol. The van der Waals surface area contributed by atoms with Crippen molar-refractivity contribution in [2.24, 2.45) is 5.92 Å². The van der Waals surface area contributed by atoms with E-state index in [2.05, 4.69) is 21.2 Å². The fraction of sp³-hybridized carbons (Fsp3) is 0.571. The van der Waals surface area contributed by atoms with Gasteiger partial charge in [-0.05, 0) is 37.6 Å². The monoisotopic (exact) mass is 351 g/mol. The number of benzene rings is 1. The number of alkyl halides is 3. The van der Waals surface area contributed by atoms with E-state index in [1.165, 1.54) is 12.1 Å². The Bertz CT molecular complexity index is 458. The molecule has 2 unspecified atom stereocenters. The van der Waals surface area contributed by atoms with Gasteiger partial charge in [-0.1, -0.05) is 22.0 Å². The Hall–Kier alpha value is -0.590. The Labute approximate surface area is 124 Å². The van der Waals surface area contributed by atoms with Gasteiger partial charge in [0.15, 0.2) is 0 Å². The van der Waals surface area contributed by atoms with Crippen LogP contribution < -0.4 is 5.32 Å². The summed E-state index contributed by atoms with van der Waals surface area (Å²) >= 11 is 2.97. The topological polar surface area (TPSA) is 21.3 Å². The second kappa shape index (κ2) is 6.45. The second-order valence-electron chi connectivity index (χ2n) is 4.98. The third kappa shape index (κ3) is 3.54. The molecule has 1 N–H and O–H groups in total. The van der Waals surface area contributed by atoms with E-state index in [0.717, 1.165) is 19.4 Å². The van der Waals surface area contributed by atoms with Crippen molar-refractivity contribution in [2.45, 2.75) is 25.1 Å². The van der Waals surface area contributed by atoms with E-state index in [4.69, 9.17) is 4.74 Å². The average molecular weight is 352 g/mol. The minimum Gasteiger partial charge on any atom is -0.381 e. The van der Waals surface area contributed by atoms with Gasteiger partial charge in [0.1, 0.15) is 0 Å². The molecule has 0 bridgehead atoms. The lowest BCUT2D eigenvalue weighted by Crippen LogP contribution is -2.31. The lowest BCUT2D eigenvalue weighted by Gasteiger charge is -2.30. The van der Waals surface area contributed by atoms with Gasteiger partial charge < -0.3 is 10.1 Å². The molecule has 20 heavy (non-hydrogen) atoms. The highest BCUT2D eigenvalue weighted by Crippen LogP contribution is 2.38. The largest absolute Gasteiger partial charge is 0.417 e. The molecule has 2 nitrogen and oxygen atoms in total. The van der Waals surface area contributed by atoms with Gasteiger partial charge in [-0.3, -0.25) is 0 Å². The summed E-state index contributed by atoms with van der Waals surface area (Å²) in [6, 6.07) is 4.30. The molecule has 1 aliphatic rings. The molecular weight excluding hydrogens is 335 g/mol. The Balaban J connectivity index is 2.30. The quantitative estimate of drug-likeness (QED) is 0.882. The zero-order chi connectivity index (χ0) is 14.8. The van der Waals surface area contributed by atoms with Crippen molar-refractivity contribution < 1.29 is 17.9 Å². The van der Waals surface area contributed by atoms with E-state index >= 15 is 0 Å². The highest BCUT2D eigenvalue weighted by Gasteiger charge is 2.34. The summed E-state index contributed by atoms with van der Waals surface area (Å²) in [7, 11) is 1.77. The molecule has 0 radical (unpaired) electrons. The van der Waals surface area contributed by atoms with E-state index < -0.39 is 11.7 Å². The maximum atomic E-state index is 13.0. The molecule has 1 heterocycles. The first-order valence-corrected chi connectivity index (χ1v) is 7.34. The molecule has 1 fully saturated rings. The minimum atomic E-state index is -4.35. The molecule has 2 rings (SSSR count). The average Bonchev–Trinajstić information content (AvgIpc) is 2.41. The summed E-state index contributed by atoms with van der Waals surface area (Å²) in [5.74, 6) is 0.205. The molecule has 0 amide bonds. The lowest BCUT2D eigenvalue weighted by atomic mass is 9.88.